The molecule has 1 atom stereocenters. The summed E-state index contributed by atoms with van der Waals surface area (Å²) in [4.78, 5) is 0. The van der Waals surface area contributed by atoms with E-state index in [-0.39, 0.29) is 6.17 Å². The molecule has 0 amide bonds. The van der Waals surface area contributed by atoms with Crippen molar-refractivity contribution in [3.8, 4) is 0 Å². The molecule has 46 valence electrons. The molecule has 0 fully saturated rings. The molecule has 0 saturated carbocycles. The maximum absolute atomic E-state index is 5.53. The van der Waals surface area contributed by atoms with Gasteiger partial charge in [-0.2, -0.15) is 0 Å². The first-order chi connectivity index (χ1) is 3.80. The standard InChI is InChI=1S/C5H11N3/c6-5-3-1-2-4-8(5)7/h1-2,5H,3-4,6-7H2. The second-order valence-electron chi connectivity index (χ2n) is 1.97. The molecule has 4 N–H and O–H groups in total. The molecule has 8 heavy (non-hydrogen) atoms. The summed E-state index contributed by atoms with van der Waals surface area (Å²) >= 11 is 0. The van der Waals surface area contributed by atoms with Crippen LogP contribution in [0.4, 0.5) is 0 Å². The Morgan fingerprint density at radius 3 is 2.62 bits per heavy atom. The summed E-state index contributed by atoms with van der Waals surface area (Å²) in [6.07, 6.45) is 4.97. The van der Waals surface area contributed by atoms with Crippen molar-refractivity contribution < 1.29 is 0 Å². The zero-order valence-electron chi connectivity index (χ0n) is 4.75. The van der Waals surface area contributed by atoms with Crippen LogP contribution in [0, 0.1) is 0 Å². The predicted octanol–water partition coefficient (Wildman–Crippen LogP) is -0.593. The van der Waals surface area contributed by atoms with Gasteiger partial charge in [-0.3, -0.25) is 5.84 Å². The Morgan fingerprint density at radius 2 is 2.25 bits per heavy atom. The highest BCUT2D eigenvalue weighted by Gasteiger charge is 2.08. The van der Waals surface area contributed by atoms with Gasteiger partial charge in [-0.25, -0.2) is 5.01 Å². The van der Waals surface area contributed by atoms with E-state index in [2.05, 4.69) is 0 Å². The fraction of sp³-hybridized carbons (Fsp3) is 0.600. The Kier molecular flexibility index (Phi) is 1.62. The van der Waals surface area contributed by atoms with Gasteiger partial charge in [-0.1, -0.05) is 12.2 Å². The maximum atomic E-state index is 5.53. The van der Waals surface area contributed by atoms with Crippen LogP contribution in [0.25, 0.3) is 0 Å². The molecular weight excluding hydrogens is 102 g/mol. The summed E-state index contributed by atoms with van der Waals surface area (Å²) in [5.74, 6) is 5.44. The van der Waals surface area contributed by atoms with E-state index in [1.54, 1.807) is 5.01 Å². The molecule has 1 heterocycles. The van der Waals surface area contributed by atoms with Crippen molar-refractivity contribution >= 4 is 0 Å². The molecule has 1 unspecified atom stereocenters. The molecule has 1 aliphatic heterocycles. The lowest BCUT2D eigenvalue weighted by Gasteiger charge is -2.24. The minimum absolute atomic E-state index is 0.0278. The molecule has 0 aromatic rings. The van der Waals surface area contributed by atoms with Gasteiger partial charge in [0, 0.05) is 6.54 Å². The monoisotopic (exact) mass is 113 g/mol. The van der Waals surface area contributed by atoms with Crippen LogP contribution in [-0.2, 0) is 0 Å². The average Bonchev–Trinajstić information content (AvgIpc) is 1.77. The van der Waals surface area contributed by atoms with Crippen LogP contribution in [0.3, 0.4) is 0 Å². The maximum Gasteiger partial charge on any atom is 0.0743 e. The van der Waals surface area contributed by atoms with Crippen LogP contribution in [0.5, 0.6) is 0 Å². The van der Waals surface area contributed by atoms with E-state index >= 15 is 0 Å². The van der Waals surface area contributed by atoms with Crippen LogP contribution >= 0.6 is 0 Å². The summed E-state index contributed by atoms with van der Waals surface area (Å²) in [7, 11) is 0. The minimum atomic E-state index is 0.0278. The van der Waals surface area contributed by atoms with Crippen molar-refractivity contribution in [3.63, 3.8) is 0 Å². The summed E-state index contributed by atoms with van der Waals surface area (Å²) < 4.78 is 0. The predicted molar refractivity (Wildman–Crippen MR) is 32.6 cm³/mol. The molecule has 3 heteroatoms. The topological polar surface area (TPSA) is 55.3 Å². The van der Waals surface area contributed by atoms with Gasteiger partial charge in [0.25, 0.3) is 0 Å². The number of nitrogens with zero attached hydrogens (tertiary/aromatic N) is 1. The van der Waals surface area contributed by atoms with E-state index in [4.69, 9.17) is 11.6 Å². The van der Waals surface area contributed by atoms with Crippen LogP contribution in [0.2, 0.25) is 0 Å². The minimum Gasteiger partial charge on any atom is -0.314 e. The highest BCUT2D eigenvalue weighted by Crippen LogP contribution is 1.99. The van der Waals surface area contributed by atoms with Gasteiger partial charge in [0.15, 0.2) is 0 Å². The molecule has 1 rings (SSSR count). The Hall–Kier alpha value is -0.380. The van der Waals surface area contributed by atoms with Gasteiger partial charge >= 0.3 is 0 Å². The number of rotatable bonds is 0. The van der Waals surface area contributed by atoms with Gasteiger partial charge in [0.1, 0.15) is 0 Å². The largest absolute Gasteiger partial charge is 0.314 e. The van der Waals surface area contributed by atoms with E-state index in [1.807, 2.05) is 12.2 Å². The molecular formula is C5H11N3. The number of hydrazine groups is 1. The quantitative estimate of drug-likeness (QED) is 0.326. The van der Waals surface area contributed by atoms with Gasteiger partial charge in [-0.15, -0.1) is 0 Å². The van der Waals surface area contributed by atoms with Crippen molar-refractivity contribution in [3.05, 3.63) is 12.2 Å². The molecule has 0 aromatic heterocycles. The van der Waals surface area contributed by atoms with E-state index < -0.39 is 0 Å². The molecule has 0 spiro atoms. The van der Waals surface area contributed by atoms with E-state index in [1.165, 1.54) is 0 Å². The Bertz CT molecular complexity index is 87.8. The van der Waals surface area contributed by atoms with Crippen molar-refractivity contribution in [1.82, 2.24) is 5.01 Å². The second-order valence-corrected chi connectivity index (χ2v) is 1.97. The molecule has 0 aliphatic carbocycles. The van der Waals surface area contributed by atoms with Crippen LogP contribution in [-0.4, -0.2) is 17.7 Å². The first kappa shape index (κ1) is 5.75. The first-order valence-corrected chi connectivity index (χ1v) is 2.72. The number of hydrogen-bond donors (Lipinski definition) is 2. The van der Waals surface area contributed by atoms with E-state index in [0.717, 1.165) is 13.0 Å². The third-order valence-corrected chi connectivity index (χ3v) is 1.29. The number of hydrogen-bond acceptors (Lipinski definition) is 3. The van der Waals surface area contributed by atoms with Gasteiger partial charge in [-0.05, 0) is 6.42 Å². The Labute approximate surface area is 48.9 Å². The highest BCUT2D eigenvalue weighted by molar-refractivity contribution is 4.92. The second kappa shape index (κ2) is 2.26. The first-order valence-electron chi connectivity index (χ1n) is 2.72. The lowest BCUT2D eigenvalue weighted by molar-refractivity contribution is 0.219. The fourth-order valence-corrected chi connectivity index (χ4v) is 0.703. The number of nitrogens with two attached hydrogens (primary N) is 2. The molecule has 1 aliphatic rings. The third kappa shape index (κ3) is 1.06. The molecule has 3 nitrogen and oxygen atoms in total. The summed E-state index contributed by atoms with van der Waals surface area (Å²) in [6, 6.07) is 0. The summed E-state index contributed by atoms with van der Waals surface area (Å²) in [5.41, 5.74) is 5.53. The van der Waals surface area contributed by atoms with Crippen molar-refractivity contribution in [2.24, 2.45) is 11.6 Å². The Balaban J connectivity index is 2.44. The normalized spacial score (nSPS) is 31.0. The Morgan fingerprint density at radius 1 is 1.50 bits per heavy atom. The van der Waals surface area contributed by atoms with Gasteiger partial charge < -0.3 is 5.73 Å². The molecule has 0 aromatic carbocycles. The lowest BCUT2D eigenvalue weighted by atomic mass is 10.2. The van der Waals surface area contributed by atoms with Crippen LogP contribution < -0.4 is 11.6 Å². The smallest absolute Gasteiger partial charge is 0.0743 e. The van der Waals surface area contributed by atoms with Gasteiger partial charge in [0.2, 0.25) is 0 Å². The SMILES string of the molecule is NC1CC=CCN1N. The van der Waals surface area contributed by atoms with Crippen molar-refractivity contribution in [1.29, 1.82) is 0 Å². The summed E-state index contributed by atoms with van der Waals surface area (Å²) in [5, 5.41) is 1.62. The molecule has 0 bridgehead atoms. The highest BCUT2D eigenvalue weighted by atomic mass is 15.4. The molecule has 0 saturated heterocycles. The van der Waals surface area contributed by atoms with E-state index in [9.17, 15) is 0 Å². The van der Waals surface area contributed by atoms with E-state index in [0.29, 0.717) is 0 Å². The average molecular weight is 113 g/mol. The zero-order chi connectivity index (χ0) is 5.98. The van der Waals surface area contributed by atoms with Crippen molar-refractivity contribution in [2.75, 3.05) is 6.54 Å². The van der Waals surface area contributed by atoms with Crippen molar-refractivity contribution in [2.45, 2.75) is 12.6 Å². The van der Waals surface area contributed by atoms with Gasteiger partial charge in [0.05, 0.1) is 6.17 Å². The fourth-order valence-electron chi connectivity index (χ4n) is 0.703. The summed E-state index contributed by atoms with van der Waals surface area (Å²) in [6.45, 7) is 0.779. The van der Waals surface area contributed by atoms with Crippen LogP contribution in [0.1, 0.15) is 6.42 Å². The van der Waals surface area contributed by atoms with Crippen LogP contribution in [0.15, 0.2) is 12.2 Å². The zero-order valence-corrected chi connectivity index (χ0v) is 4.75. The third-order valence-electron chi connectivity index (χ3n) is 1.29. The lowest BCUT2D eigenvalue weighted by Crippen LogP contribution is -2.47. The molecule has 0 radical (unpaired) electrons.